The second-order valence-electron chi connectivity index (χ2n) is 8.37. The average molecular weight is 405 g/mol. The van der Waals surface area contributed by atoms with Crippen LogP contribution in [0.1, 0.15) is 38.2 Å². The van der Waals surface area contributed by atoms with Crippen molar-refractivity contribution in [3.63, 3.8) is 0 Å². The van der Waals surface area contributed by atoms with E-state index in [9.17, 15) is 10.1 Å². The Morgan fingerprint density at radius 2 is 1.97 bits per heavy atom. The molecule has 29 heavy (non-hydrogen) atoms. The highest BCUT2D eigenvalue weighted by molar-refractivity contribution is 6.30. The zero-order valence-corrected chi connectivity index (χ0v) is 17.1. The molecule has 2 unspecified atom stereocenters. The highest BCUT2D eigenvalue weighted by Crippen LogP contribution is 2.50. The normalized spacial score (nSPS) is 23.6. The van der Waals surface area contributed by atoms with E-state index in [2.05, 4.69) is 24.9 Å². The molecule has 0 saturated heterocycles. The molecule has 0 bridgehead atoms. The molecule has 0 radical (unpaired) electrons. The van der Waals surface area contributed by atoms with Crippen LogP contribution in [-0.2, 0) is 4.79 Å². The fourth-order valence-corrected chi connectivity index (χ4v) is 4.54. The third-order valence-corrected chi connectivity index (χ3v) is 5.87. The van der Waals surface area contributed by atoms with E-state index in [-0.39, 0.29) is 17.0 Å². The van der Waals surface area contributed by atoms with Crippen LogP contribution in [0.5, 0.6) is 0 Å². The fraction of sp³-hybridized carbons (Fsp3) is 0.304. The number of amidine groups is 1. The molecule has 146 valence electrons. The maximum absolute atomic E-state index is 13.3. The van der Waals surface area contributed by atoms with Crippen molar-refractivity contribution in [1.82, 2.24) is 4.98 Å². The van der Waals surface area contributed by atoms with Gasteiger partial charge in [-0.15, -0.1) is 0 Å². The minimum atomic E-state index is -0.778. The Morgan fingerprint density at radius 3 is 2.59 bits per heavy atom. The Morgan fingerprint density at radius 1 is 1.24 bits per heavy atom. The third-order valence-electron chi connectivity index (χ3n) is 5.62. The Kier molecular flexibility index (Phi) is 4.76. The van der Waals surface area contributed by atoms with Gasteiger partial charge in [-0.25, -0.2) is 0 Å². The van der Waals surface area contributed by atoms with Gasteiger partial charge in [0.1, 0.15) is 11.8 Å². The summed E-state index contributed by atoms with van der Waals surface area (Å²) in [6, 6.07) is 13.2. The van der Waals surface area contributed by atoms with Gasteiger partial charge in [0.2, 0.25) is 0 Å². The first-order valence-electron chi connectivity index (χ1n) is 9.52. The number of nitrogens with one attached hydrogen (secondary N) is 1. The fourth-order valence-electron chi connectivity index (χ4n) is 4.41. The molecule has 6 heteroatoms. The quantitative estimate of drug-likeness (QED) is 0.755. The molecule has 1 aromatic heterocycles. The molecule has 0 fully saturated rings. The van der Waals surface area contributed by atoms with Crippen molar-refractivity contribution in [2.45, 2.75) is 32.6 Å². The molecule has 1 N–H and O–H groups in total. The SMILES string of the molecule is CC1(C)CC(=O)C2=C(C1)N(c1cccnc1)C(=N)C(C#N)C2c1ccc(Cl)cc1. The first kappa shape index (κ1) is 19.4. The number of pyridine rings is 1. The number of benzene rings is 1. The Balaban J connectivity index is 1.98. The van der Waals surface area contributed by atoms with E-state index in [0.717, 1.165) is 11.3 Å². The van der Waals surface area contributed by atoms with Crippen molar-refractivity contribution in [3.8, 4) is 6.07 Å². The maximum atomic E-state index is 13.3. The van der Waals surface area contributed by atoms with Crippen LogP contribution in [0, 0.1) is 28.1 Å². The number of carbonyl (C=O) groups excluding carboxylic acids is 1. The number of aromatic nitrogens is 1. The minimum Gasteiger partial charge on any atom is -0.300 e. The van der Waals surface area contributed by atoms with Crippen molar-refractivity contribution >= 4 is 28.9 Å². The molecular formula is C23H21ClN4O. The number of hydrogen-bond donors (Lipinski definition) is 1. The Hall–Kier alpha value is -2.97. The topological polar surface area (TPSA) is 80.8 Å². The lowest BCUT2D eigenvalue weighted by Gasteiger charge is -2.45. The van der Waals surface area contributed by atoms with Gasteiger partial charge in [0.05, 0.1) is 18.0 Å². The van der Waals surface area contributed by atoms with E-state index in [1.807, 2.05) is 18.2 Å². The summed E-state index contributed by atoms with van der Waals surface area (Å²) in [5.41, 5.74) is 2.75. The van der Waals surface area contributed by atoms with Crippen LogP contribution in [0.25, 0.3) is 0 Å². The van der Waals surface area contributed by atoms with E-state index in [1.54, 1.807) is 35.5 Å². The average Bonchev–Trinajstić information content (AvgIpc) is 2.67. The molecule has 0 saturated carbocycles. The van der Waals surface area contributed by atoms with Crippen molar-refractivity contribution < 1.29 is 4.79 Å². The molecule has 1 aliphatic carbocycles. The molecule has 0 spiro atoms. The predicted octanol–water partition coefficient (Wildman–Crippen LogP) is 5.10. The number of hydrogen-bond acceptors (Lipinski definition) is 4. The molecule has 1 aromatic carbocycles. The van der Waals surface area contributed by atoms with Crippen molar-refractivity contribution in [2.24, 2.45) is 11.3 Å². The Labute approximate surface area is 175 Å². The lowest BCUT2D eigenvalue weighted by molar-refractivity contribution is -0.118. The molecule has 0 amide bonds. The summed E-state index contributed by atoms with van der Waals surface area (Å²) < 4.78 is 0. The number of carbonyl (C=O) groups is 1. The summed E-state index contributed by atoms with van der Waals surface area (Å²) >= 11 is 6.05. The maximum Gasteiger partial charge on any atom is 0.161 e. The molecule has 2 aliphatic rings. The van der Waals surface area contributed by atoms with Crippen LogP contribution in [0.4, 0.5) is 5.69 Å². The highest BCUT2D eigenvalue weighted by atomic mass is 35.5. The summed E-state index contributed by atoms with van der Waals surface area (Å²) in [5, 5.41) is 19.5. The first-order valence-corrected chi connectivity index (χ1v) is 9.90. The van der Waals surface area contributed by atoms with E-state index in [4.69, 9.17) is 17.0 Å². The molecule has 5 nitrogen and oxygen atoms in total. The van der Waals surface area contributed by atoms with Gasteiger partial charge in [-0.05, 0) is 41.7 Å². The number of anilines is 1. The highest BCUT2D eigenvalue weighted by Gasteiger charge is 2.48. The smallest absolute Gasteiger partial charge is 0.161 e. The minimum absolute atomic E-state index is 0.0397. The Bertz CT molecular complexity index is 1050. The summed E-state index contributed by atoms with van der Waals surface area (Å²) in [6.45, 7) is 4.13. The summed E-state index contributed by atoms with van der Waals surface area (Å²) in [7, 11) is 0. The molecule has 2 aromatic rings. The zero-order chi connectivity index (χ0) is 20.8. The number of nitrogens with zero attached hydrogens (tertiary/aromatic N) is 3. The van der Waals surface area contributed by atoms with Crippen LogP contribution < -0.4 is 4.90 Å². The second kappa shape index (κ2) is 7.13. The van der Waals surface area contributed by atoms with Crippen molar-refractivity contribution in [3.05, 3.63) is 70.6 Å². The van der Waals surface area contributed by atoms with Gasteiger partial charge >= 0.3 is 0 Å². The molecule has 1 aliphatic heterocycles. The monoisotopic (exact) mass is 404 g/mol. The third kappa shape index (κ3) is 3.34. The predicted molar refractivity (Wildman–Crippen MR) is 113 cm³/mol. The van der Waals surface area contributed by atoms with E-state index in [1.165, 1.54) is 0 Å². The van der Waals surface area contributed by atoms with Crippen LogP contribution in [0.2, 0.25) is 5.02 Å². The van der Waals surface area contributed by atoms with Crippen LogP contribution in [0.3, 0.4) is 0 Å². The van der Waals surface area contributed by atoms with E-state index >= 15 is 0 Å². The van der Waals surface area contributed by atoms with Gasteiger partial charge in [0, 0.05) is 34.8 Å². The van der Waals surface area contributed by atoms with Gasteiger partial charge in [0.25, 0.3) is 0 Å². The second-order valence-corrected chi connectivity index (χ2v) is 8.81. The van der Waals surface area contributed by atoms with Crippen LogP contribution >= 0.6 is 11.6 Å². The van der Waals surface area contributed by atoms with E-state index < -0.39 is 11.8 Å². The van der Waals surface area contributed by atoms with Crippen LogP contribution in [-0.4, -0.2) is 16.6 Å². The van der Waals surface area contributed by atoms with E-state index in [0.29, 0.717) is 29.1 Å². The van der Waals surface area contributed by atoms with Crippen LogP contribution in [0.15, 0.2) is 60.1 Å². The number of rotatable bonds is 2. The van der Waals surface area contributed by atoms with Gasteiger partial charge in [-0.3, -0.25) is 20.1 Å². The molecule has 4 rings (SSSR count). The number of ketones is 1. The molecule has 2 atom stereocenters. The number of nitriles is 1. The molecular weight excluding hydrogens is 384 g/mol. The summed E-state index contributed by atoms with van der Waals surface area (Å²) in [6.07, 6.45) is 4.40. The van der Waals surface area contributed by atoms with Crippen molar-refractivity contribution in [1.29, 1.82) is 10.7 Å². The summed E-state index contributed by atoms with van der Waals surface area (Å²) in [5.74, 6) is -1.04. The number of allylic oxidation sites excluding steroid dienone is 2. The van der Waals surface area contributed by atoms with Crippen molar-refractivity contribution in [2.75, 3.05) is 4.90 Å². The standard InChI is InChI=1S/C23H21ClN4O/c1-23(2)10-18-21(19(29)11-23)20(14-5-7-15(24)8-6-14)17(12-25)22(26)28(18)16-4-3-9-27-13-16/h3-9,13,17,20,26H,10-11H2,1-2H3. The van der Waals surface area contributed by atoms with Gasteiger partial charge in [-0.1, -0.05) is 37.6 Å². The molecule has 2 heterocycles. The first-order chi connectivity index (χ1) is 13.8. The largest absolute Gasteiger partial charge is 0.300 e. The summed E-state index contributed by atoms with van der Waals surface area (Å²) in [4.78, 5) is 19.3. The van der Waals surface area contributed by atoms with Gasteiger partial charge < -0.3 is 0 Å². The number of halogens is 1. The zero-order valence-electron chi connectivity index (χ0n) is 16.3. The van der Waals surface area contributed by atoms with Gasteiger partial charge in [-0.2, -0.15) is 5.26 Å². The lowest BCUT2D eigenvalue weighted by atomic mass is 9.66. The lowest BCUT2D eigenvalue weighted by Crippen LogP contribution is -2.48. The number of Topliss-reactive ketones (excluding diaryl/α,β-unsaturated/α-hetero) is 1. The van der Waals surface area contributed by atoms with Gasteiger partial charge in [0.15, 0.2) is 5.78 Å².